The van der Waals surface area contributed by atoms with Crippen LogP contribution in [-0.2, 0) is 10.2 Å². The van der Waals surface area contributed by atoms with Gasteiger partial charge in [0, 0.05) is 43.4 Å². The maximum absolute atomic E-state index is 13.3. The highest BCUT2D eigenvalue weighted by atomic mass is 127. The van der Waals surface area contributed by atoms with Gasteiger partial charge in [0.15, 0.2) is 5.96 Å². The Balaban J connectivity index is 0.00000364. The Morgan fingerprint density at radius 3 is 2.63 bits per heavy atom. The third-order valence-corrected chi connectivity index (χ3v) is 5.35. The predicted molar refractivity (Wildman–Crippen MR) is 123 cm³/mol. The molecule has 9 heteroatoms. The van der Waals surface area contributed by atoms with Crippen LogP contribution in [0.2, 0.25) is 5.02 Å². The second-order valence-electron chi connectivity index (χ2n) is 6.63. The number of halogens is 3. The fourth-order valence-corrected chi connectivity index (χ4v) is 3.27. The number of rotatable bonds is 8. The molecular formula is C18H27ClFIN4OS. The first-order chi connectivity index (χ1) is 12.4. The molecule has 0 saturated heterocycles. The van der Waals surface area contributed by atoms with E-state index >= 15 is 0 Å². The molecule has 1 amide bonds. The summed E-state index contributed by atoms with van der Waals surface area (Å²) in [5.74, 6) is 1.17. The number of hydrogen-bond acceptors (Lipinski definition) is 3. The molecule has 0 atom stereocenters. The first-order valence-electron chi connectivity index (χ1n) is 8.55. The van der Waals surface area contributed by atoms with E-state index in [1.54, 1.807) is 31.9 Å². The summed E-state index contributed by atoms with van der Waals surface area (Å²) in [7, 11) is 3.42. The van der Waals surface area contributed by atoms with Crippen LogP contribution in [0.25, 0.3) is 0 Å². The van der Waals surface area contributed by atoms with E-state index in [4.69, 9.17) is 11.6 Å². The molecule has 2 N–H and O–H groups in total. The van der Waals surface area contributed by atoms with Gasteiger partial charge in [-0.3, -0.25) is 4.79 Å². The van der Waals surface area contributed by atoms with Crippen molar-refractivity contribution in [2.75, 3.05) is 45.7 Å². The Kier molecular flexibility index (Phi) is 10.2. The number of amides is 1. The molecule has 1 aromatic rings. The number of guanidine groups is 1. The van der Waals surface area contributed by atoms with Crippen LogP contribution in [0.1, 0.15) is 18.4 Å². The lowest BCUT2D eigenvalue weighted by atomic mass is 9.96. The molecule has 1 aliphatic rings. The van der Waals surface area contributed by atoms with Crippen molar-refractivity contribution in [3.8, 4) is 0 Å². The smallest absolute Gasteiger partial charge is 0.243 e. The third-order valence-electron chi connectivity index (χ3n) is 4.42. The number of nitrogens with one attached hydrogen (secondary N) is 2. The van der Waals surface area contributed by atoms with E-state index in [0.717, 1.165) is 30.7 Å². The largest absolute Gasteiger partial charge is 0.356 e. The monoisotopic (exact) mass is 528 g/mol. The first kappa shape index (κ1) is 24.3. The number of aliphatic imine (C=N–C) groups is 1. The lowest BCUT2D eigenvalue weighted by Gasteiger charge is -2.20. The Morgan fingerprint density at radius 1 is 1.37 bits per heavy atom. The average Bonchev–Trinajstić information content (AvgIpc) is 3.37. The molecule has 1 saturated carbocycles. The van der Waals surface area contributed by atoms with E-state index in [1.165, 1.54) is 17.0 Å². The van der Waals surface area contributed by atoms with Gasteiger partial charge in [-0.05, 0) is 36.8 Å². The molecule has 0 bridgehead atoms. The van der Waals surface area contributed by atoms with Crippen LogP contribution in [0.4, 0.5) is 4.39 Å². The summed E-state index contributed by atoms with van der Waals surface area (Å²) in [5.41, 5.74) is 0.860. The Labute approximate surface area is 186 Å². The van der Waals surface area contributed by atoms with Crippen molar-refractivity contribution in [2.24, 2.45) is 4.99 Å². The number of carbonyl (C=O) groups excluding carboxylic acids is 1. The minimum atomic E-state index is -0.328. The van der Waals surface area contributed by atoms with Gasteiger partial charge in [0.05, 0.1) is 0 Å². The number of likely N-dealkylation sites (N-methyl/N-ethyl adjacent to an activating group) is 1. The molecular weight excluding hydrogens is 502 g/mol. The number of carbonyl (C=O) groups is 1. The summed E-state index contributed by atoms with van der Waals surface area (Å²) in [4.78, 5) is 17.7. The first-order valence-corrected chi connectivity index (χ1v) is 10.3. The SMILES string of the molecule is CSCCNC(=NCC(=O)N(C)C)NCC1(c2ccc(F)cc2Cl)CC1.I. The molecule has 2 rings (SSSR count). The van der Waals surface area contributed by atoms with Crippen LogP contribution in [0, 0.1) is 5.82 Å². The second kappa shape index (κ2) is 11.3. The summed E-state index contributed by atoms with van der Waals surface area (Å²) in [5, 5.41) is 7.03. The highest BCUT2D eigenvalue weighted by Crippen LogP contribution is 2.50. The summed E-state index contributed by atoms with van der Waals surface area (Å²) in [6.45, 7) is 1.49. The highest BCUT2D eigenvalue weighted by Gasteiger charge is 2.45. The van der Waals surface area contributed by atoms with Gasteiger partial charge in [-0.2, -0.15) is 11.8 Å². The molecule has 0 heterocycles. The molecule has 0 unspecified atom stereocenters. The highest BCUT2D eigenvalue weighted by molar-refractivity contribution is 14.0. The summed E-state index contributed by atoms with van der Waals surface area (Å²) >= 11 is 7.98. The van der Waals surface area contributed by atoms with Crippen molar-refractivity contribution < 1.29 is 9.18 Å². The predicted octanol–water partition coefficient (Wildman–Crippen LogP) is 3.12. The minimum absolute atomic E-state index is 0. The molecule has 1 aliphatic carbocycles. The molecule has 1 fully saturated rings. The fraction of sp³-hybridized carbons (Fsp3) is 0.556. The van der Waals surface area contributed by atoms with Gasteiger partial charge in [-0.15, -0.1) is 24.0 Å². The fourth-order valence-electron chi connectivity index (χ4n) is 2.60. The average molecular weight is 529 g/mol. The molecule has 27 heavy (non-hydrogen) atoms. The van der Waals surface area contributed by atoms with E-state index in [2.05, 4.69) is 15.6 Å². The topological polar surface area (TPSA) is 56.7 Å². The molecule has 1 aromatic carbocycles. The van der Waals surface area contributed by atoms with Gasteiger partial charge in [-0.1, -0.05) is 17.7 Å². The lowest BCUT2D eigenvalue weighted by Crippen LogP contribution is -2.43. The van der Waals surface area contributed by atoms with Crippen molar-refractivity contribution >= 4 is 59.2 Å². The summed E-state index contributed by atoms with van der Waals surface area (Å²) in [6, 6.07) is 4.57. The van der Waals surface area contributed by atoms with E-state index in [9.17, 15) is 9.18 Å². The van der Waals surface area contributed by atoms with Crippen molar-refractivity contribution in [2.45, 2.75) is 18.3 Å². The van der Waals surface area contributed by atoms with E-state index in [-0.39, 0.29) is 47.7 Å². The van der Waals surface area contributed by atoms with Crippen LogP contribution in [0.15, 0.2) is 23.2 Å². The Bertz CT molecular complexity index is 671. The van der Waals surface area contributed by atoms with Crippen LogP contribution in [-0.4, -0.2) is 62.5 Å². The Morgan fingerprint density at radius 2 is 2.07 bits per heavy atom. The van der Waals surface area contributed by atoms with Gasteiger partial charge >= 0.3 is 0 Å². The van der Waals surface area contributed by atoms with E-state index in [1.807, 2.05) is 6.26 Å². The normalized spacial score (nSPS) is 14.9. The molecule has 0 spiro atoms. The zero-order valence-corrected chi connectivity index (χ0v) is 19.8. The van der Waals surface area contributed by atoms with Crippen molar-refractivity contribution in [1.29, 1.82) is 0 Å². The van der Waals surface area contributed by atoms with Gasteiger partial charge in [-0.25, -0.2) is 9.38 Å². The van der Waals surface area contributed by atoms with Gasteiger partial charge < -0.3 is 15.5 Å². The van der Waals surface area contributed by atoms with Crippen LogP contribution in [0.5, 0.6) is 0 Å². The summed E-state index contributed by atoms with van der Waals surface area (Å²) < 4.78 is 13.3. The number of nitrogens with zero attached hydrogens (tertiary/aromatic N) is 2. The number of benzene rings is 1. The zero-order valence-electron chi connectivity index (χ0n) is 15.8. The van der Waals surface area contributed by atoms with Crippen molar-refractivity contribution in [3.05, 3.63) is 34.6 Å². The van der Waals surface area contributed by atoms with Crippen LogP contribution < -0.4 is 10.6 Å². The lowest BCUT2D eigenvalue weighted by molar-refractivity contribution is -0.127. The maximum atomic E-state index is 13.3. The summed E-state index contributed by atoms with van der Waals surface area (Å²) in [6.07, 6.45) is 4.01. The number of thioether (sulfide) groups is 1. The van der Waals surface area contributed by atoms with Crippen molar-refractivity contribution in [3.63, 3.8) is 0 Å². The van der Waals surface area contributed by atoms with Gasteiger partial charge in [0.1, 0.15) is 12.4 Å². The maximum Gasteiger partial charge on any atom is 0.243 e. The quantitative estimate of drug-likeness (QED) is 0.236. The standard InChI is InChI=1S/C18H26ClFN4OS.HI/c1-24(2)16(25)11-22-17(21-8-9-26-3)23-12-18(6-7-18)14-5-4-13(20)10-15(14)19;/h4-5,10H,6-9,11-12H2,1-3H3,(H2,21,22,23);1H. The van der Waals surface area contributed by atoms with Crippen molar-refractivity contribution in [1.82, 2.24) is 15.5 Å². The van der Waals surface area contributed by atoms with E-state index in [0.29, 0.717) is 17.5 Å². The molecule has 0 radical (unpaired) electrons. The number of hydrogen-bond donors (Lipinski definition) is 2. The zero-order chi connectivity index (χ0) is 19.2. The molecule has 5 nitrogen and oxygen atoms in total. The van der Waals surface area contributed by atoms with Gasteiger partial charge in [0.25, 0.3) is 0 Å². The minimum Gasteiger partial charge on any atom is -0.356 e. The second-order valence-corrected chi connectivity index (χ2v) is 8.02. The molecule has 152 valence electrons. The third kappa shape index (κ3) is 7.30. The Hall–Kier alpha value is -0.740. The molecule has 0 aliphatic heterocycles. The molecule has 0 aromatic heterocycles. The van der Waals surface area contributed by atoms with E-state index < -0.39 is 0 Å². The van der Waals surface area contributed by atoms with Crippen LogP contribution >= 0.6 is 47.3 Å². The van der Waals surface area contributed by atoms with Crippen LogP contribution in [0.3, 0.4) is 0 Å². The van der Waals surface area contributed by atoms with Gasteiger partial charge in [0.2, 0.25) is 5.91 Å².